The number of hydrogen-bond acceptors (Lipinski definition) is 3. The summed E-state index contributed by atoms with van der Waals surface area (Å²) >= 11 is 0. The molecule has 1 fully saturated rings. The van der Waals surface area contributed by atoms with Crippen LogP contribution >= 0.6 is 0 Å². The van der Waals surface area contributed by atoms with Crippen LogP contribution in [0.4, 0.5) is 0 Å². The molecule has 1 aromatic carbocycles. The van der Waals surface area contributed by atoms with Gasteiger partial charge in [0.15, 0.2) is 0 Å². The first-order valence-electron chi connectivity index (χ1n) is 6.82. The Morgan fingerprint density at radius 2 is 1.56 bits per heavy atom. The summed E-state index contributed by atoms with van der Waals surface area (Å²) in [5.74, 6) is 0. The molecule has 18 heavy (non-hydrogen) atoms. The van der Waals surface area contributed by atoms with Crippen molar-refractivity contribution in [2.75, 3.05) is 20.1 Å². The van der Waals surface area contributed by atoms with Gasteiger partial charge in [0.2, 0.25) is 0 Å². The molecule has 1 heterocycles. The van der Waals surface area contributed by atoms with Crippen LogP contribution in [0.2, 0.25) is 0 Å². The Morgan fingerprint density at radius 3 is 2.06 bits per heavy atom. The lowest BCUT2D eigenvalue weighted by atomic mass is 10.1. The smallest absolute Gasteiger partial charge is 0.0235 e. The van der Waals surface area contributed by atoms with Gasteiger partial charge in [-0.15, -0.1) is 0 Å². The fourth-order valence-corrected chi connectivity index (χ4v) is 2.68. The topological polar surface area (TPSA) is 32.5 Å². The Balaban J connectivity index is 1.96. The fraction of sp³-hybridized carbons (Fsp3) is 0.600. The molecule has 1 aliphatic rings. The van der Waals surface area contributed by atoms with Gasteiger partial charge in [0.1, 0.15) is 0 Å². The Hall–Kier alpha value is -0.900. The van der Waals surface area contributed by atoms with Crippen molar-refractivity contribution < 1.29 is 0 Å². The van der Waals surface area contributed by atoms with Gasteiger partial charge in [-0.2, -0.15) is 0 Å². The van der Waals surface area contributed by atoms with Gasteiger partial charge in [0.05, 0.1) is 0 Å². The highest BCUT2D eigenvalue weighted by Crippen LogP contribution is 2.16. The molecule has 2 atom stereocenters. The Bertz CT molecular complexity index is 362. The van der Waals surface area contributed by atoms with E-state index in [0.717, 1.165) is 19.6 Å². The van der Waals surface area contributed by atoms with Gasteiger partial charge in [0, 0.05) is 38.3 Å². The summed E-state index contributed by atoms with van der Waals surface area (Å²) in [6, 6.07) is 9.96. The van der Waals surface area contributed by atoms with Crippen LogP contribution in [0.5, 0.6) is 0 Å². The zero-order chi connectivity index (χ0) is 13.1. The summed E-state index contributed by atoms with van der Waals surface area (Å²) in [4.78, 5) is 5.01. The Kier molecular flexibility index (Phi) is 4.38. The van der Waals surface area contributed by atoms with Crippen molar-refractivity contribution in [2.45, 2.75) is 39.0 Å². The summed E-state index contributed by atoms with van der Waals surface area (Å²) < 4.78 is 0. The summed E-state index contributed by atoms with van der Waals surface area (Å²) in [5, 5.41) is 0. The molecule has 0 aromatic heterocycles. The van der Waals surface area contributed by atoms with Gasteiger partial charge in [-0.25, -0.2) is 0 Å². The molecule has 0 spiro atoms. The molecule has 1 saturated heterocycles. The van der Waals surface area contributed by atoms with Crippen molar-refractivity contribution in [3.05, 3.63) is 35.4 Å². The van der Waals surface area contributed by atoms with Gasteiger partial charge >= 0.3 is 0 Å². The van der Waals surface area contributed by atoms with E-state index < -0.39 is 0 Å². The first kappa shape index (κ1) is 13.5. The predicted molar refractivity (Wildman–Crippen MR) is 76.3 cm³/mol. The van der Waals surface area contributed by atoms with E-state index in [1.807, 2.05) is 0 Å². The molecule has 2 rings (SSSR count). The molecule has 3 heteroatoms. The molecule has 2 unspecified atom stereocenters. The molecule has 2 N–H and O–H groups in total. The number of piperazine rings is 1. The largest absolute Gasteiger partial charge is 0.326 e. The lowest BCUT2D eigenvalue weighted by Crippen LogP contribution is -2.54. The lowest BCUT2D eigenvalue weighted by molar-refractivity contribution is 0.0556. The number of nitrogens with zero attached hydrogens (tertiary/aromatic N) is 2. The van der Waals surface area contributed by atoms with Gasteiger partial charge in [-0.05, 0) is 32.0 Å². The molecular formula is C15H25N3. The molecule has 0 radical (unpaired) electrons. The highest BCUT2D eigenvalue weighted by Gasteiger charge is 2.26. The third kappa shape index (κ3) is 3.10. The lowest BCUT2D eigenvalue weighted by Gasteiger charge is -2.42. The highest BCUT2D eigenvalue weighted by molar-refractivity contribution is 5.22. The SMILES string of the molecule is CC1CN(Cc2ccc(CN)cc2)CC(C)N1C. The third-order valence-corrected chi connectivity index (χ3v) is 4.10. The van der Waals surface area contributed by atoms with Crippen molar-refractivity contribution in [3.63, 3.8) is 0 Å². The molecule has 0 aliphatic carbocycles. The first-order chi connectivity index (χ1) is 8.60. The average Bonchev–Trinajstić information content (AvgIpc) is 2.37. The van der Waals surface area contributed by atoms with E-state index in [-0.39, 0.29) is 0 Å². The van der Waals surface area contributed by atoms with E-state index in [0.29, 0.717) is 18.6 Å². The van der Waals surface area contributed by atoms with Crippen LogP contribution in [-0.4, -0.2) is 42.0 Å². The molecule has 0 bridgehead atoms. The number of benzene rings is 1. The van der Waals surface area contributed by atoms with Crippen molar-refractivity contribution in [1.29, 1.82) is 0 Å². The van der Waals surface area contributed by atoms with E-state index >= 15 is 0 Å². The molecule has 0 saturated carbocycles. The molecular weight excluding hydrogens is 222 g/mol. The minimum atomic E-state index is 0.628. The van der Waals surface area contributed by atoms with E-state index in [1.165, 1.54) is 11.1 Å². The molecule has 1 aromatic rings. The molecule has 0 amide bonds. The summed E-state index contributed by atoms with van der Waals surface area (Å²) in [6.45, 7) is 8.59. The third-order valence-electron chi connectivity index (χ3n) is 4.10. The van der Waals surface area contributed by atoms with Crippen molar-refractivity contribution in [3.8, 4) is 0 Å². The maximum absolute atomic E-state index is 5.62. The summed E-state index contributed by atoms with van der Waals surface area (Å²) in [7, 11) is 2.22. The number of nitrogens with two attached hydrogens (primary N) is 1. The number of rotatable bonds is 3. The summed E-state index contributed by atoms with van der Waals surface area (Å²) in [5.41, 5.74) is 8.21. The molecule has 3 nitrogen and oxygen atoms in total. The van der Waals surface area contributed by atoms with Crippen LogP contribution in [0.15, 0.2) is 24.3 Å². The standard InChI is InChI=1S/C15H25N3/c1-12-9-18(10-13(2)17(12)3)11-15-6-4-14(8-16)5-7-15/h4-7,12-13H,8-11,16H2,1-3H3. The number of hydrogen-bond donors (Lipinski definition) is 1. The fourth-order valence-electron chi connectivity index (χ4n) is 2.68. The minimum Gasteiger partial charge on any atom is -0.326 e. The van der Waals surface area contributed by atoms with E-state index in [1.54, 1.807) is 0 Å². The second-order valence-electron chi connectivity index (χ2n) is 5.58. The van der Waals surface area contributed by atoms with Crippen LogP contribution in [-0.2, 0) is 13.1 Å². The molecule has 1 aliphatic heterocycles. The van der Waals surface area contributed by atoms with Gasteiger partial charge in [0.25, 0.3) is 0 Å². The van der Waals surface area contributed by atoms with Crippen molar-refractivity contribution in [2.24, 2.45) is 5.73 Å². The highest BCUT2D eigenvalue weighted by atomic mass is 15.3. The normalized spacial score (nSPS) is 26.4. The van der Waals surface area contributed by atoms with Crippen LogP contribution in [0.3, 0.4) is 0 Å². The number of likely N-dealkylation sites (N-methyl/N-ethyl adjacent to an activating group) is 1. The van der Waals surface area contributed by atoms with Crippen LogP contribution in [0, 0.1) is 0 Å². The van der Waals surface area contributed by atoms with Crippen LogP contribution < -0.4 is 5.73 Å². The van der Waals surface area contributed by atoms with E-state index in [9.17, 15) is 0 Å². The van der Waals surface area contributed by atoms with Gasteiger partial charge in [-0.1, -0.05) is 24.3 Å². The molecule has 100 valence electrons. The average molecular weight is 247 g/mol. The Morgan fingerprint density at radius 1 is 1.06 bits per heavy atom. The first-order valence-corrected chi connectivity index (χ1v) is 6.82. The minimum absolute atomic E-state index is 0.628. The van der Waals surface area contributed by atoms with Crippen LogP contribution in [0.1, 0.15) is 25.0 Å². The van der Waals surface area contributed by atoms with Gasteiger partial charge in [-0.3, -0.25) is 9.80 Å². The second kappa shape index (κ2) is 5.83. The maximum Gasteiger partial charge on any atom is 0.0235 e. The zero-order valence-electron chi connectivity index (χ0n) is 11.8. The summed E-state index contributed by atoms with van der Waals surface area (Å²) in [6.07, 6.45) is 0. The van der Waals surface area contributed by atoms with E-state index in [4.69, 9.17) is 5.73 Å². The van der Waals surface area contributed by atoms with Crippen LogP contribution in [0.25, 0.3) is 0 Å². The van der Waals surface area contributed by atoms with Gasteiger partial charge < -0.3 is 5.73 Å². The van der Waals surface area contributed by atoms with E-state index in [2.05, 4.69) is 55.0 Å². The predicted octanol–water partition coefficient (Wildman–Crippen LogP) is 1.67. The second-order valence-corrected chi connectivity index (χ2v) is 5.58. The van der Waals surface area contributed by atoms with Crippen molar-refractivity contribution in [1.82, 2.24) is 9.80 Å². The maximum atomic E-state index is 5.62. The van der Waals surface area contributed by atoms with Crippen molar-refractivity contribution >= 4 is 0 Å². The Labute approximate surface area is 111 Å². The zero-order valence-corrected chi connectivity index (χ0v) is 11.8. The quantitative estimate of drug-likeness (QED) is 0.882. The monoisotopic (exact) mass is 247 g/mol.